The molecule has 0 bridgehead atoms. The average molecular weight is 207 g/mol. The minimum Gasteiger partial charge on any atom is -0.545 e. The number of rotatable bonds is 1. The predicted octanol–water partition coefficient (Wildman–Crippen LogP) is 1.25. The number of carboxylic acids is 1. The summed E-state index contributed by atoms with van der Waals surface area (Å²) < 4.78 is 0. The molecule has 0 aliphatic heterocycles. The van der Waals surface area contributed by atoms with Crippen LogP contribution in [0.15, 0.2) is 30.3 Å². The van der Waals surface area contributed by atoms with Gasteiger partial charge in [0, 0.05) is 10.9 Å². The Kier molecular flexibility index (Phi) is 2.09. The van der Waals surface area contributed by atoms with Crippen molar-refractivity contribution in [1.82, 2.24) is 4.98 Å². The smallest absolute Gasteiger partial charge is 0.138 e. The van der Waals surface area contributed by atoms with Crippen molar-refractivity contribution in [2.75, 3.05) is 0 Å². The SMILES string of the molecule is O=C([O-])c1cc2ccccc2nc1Cl. The second-order valence-corrected chi connectivity index (χ2v) is 3.16. The lowest BCUT2D eigenvalue weighted by Gasteiger charge is -2.05. The van der Waals surface area contributed by atoms with Crippen molar-refractivity contribution in [3.63, 3.8) is 0 Å². The Morgan fingerprint density at radius 1 is 1.36 bits per heavy atom. The molecule has 0 saturated carbocycles. The summed E-state index contributed by atoms with van der Waals surface area (Å²) in [6.07, 6.45) is 0. The van der Waals surface area contributed by atoms with Crippen molar-refractivity contribution in [2.24, 2.45) is 0 Å². The van der Waals surface area contributed by atoms with Gasteiger partial charge in [-0.3, -0.25) is 0 Å². The van der Waals surface area contributed by atoms with Crippen molar-refractivity contribution in [1.29, 1.82) is 0 Å². The van der Waals surface area contributed by atoms with E-state index in [0.717, 1.165) is 5.39 Å². The Bertz CT molecular complexity index is 510. The van der Waals surface area contributed by atoms with Gasteiger partial charge in [0.15, 0.2) is 0 Å². The van der Waals surface area contributed by atoms with Gasteiger partial charge in [-0.1, -0.05) is 29.8 Å². The molecule has 1 aromatic heterocycles. The number of aromatic carboxylic acids is 1. The van der Waals surface area contributed by atoms with Crippen LogP contribution in [0.3, 0.4) is 0 Å². The third-order valence-electron chi connectivity index (χ3n) is 1.90. The first-order valence-corrected chi connectivity index (χ1v) is 4.33. The highest BCUT2D eigenvalue weighted by Crippen LogP contribution is 2.19. The second kappa shape index (κ2) is 3.27. The minimum absolute atomic E-state index is 0.0382. The number of carbonyl (C=O) groups excluding carboxylic acids is 1. The molecule has 0 unspecified atom stereocenters. The molecule has 14 heavy (non-hydrogen) atoms. The lowest BCUT2D eigenvalue weighted by Crippen LogP contribution is -2.22. The summed E-state index contributed by atoms with van der Waals surface area (Å²) in [5.74, 6) is -1.31. The maximum atomic E-state index is 10.6. The van der Waals surface area contributed by atoms with Crippen molar-refractivity contribution < 1.29 is 9.90 Å². The van der Waals surface area contributed by atoms with E-state index in [1.807, 2.05) is 6.07 Å². The summed E-state index contributed by atoms with van der Waals surface area (Å²) in [6, 6.07) is 8.60. The molecule has 0 fully saturated rings. The summed E-state index contributed by atoms with van der Waals surface area (Å²) >= 11 is 5.67. The molecule has 0 radical (unpaired) electrons. The van der Waals surface area contributed by atoms with Crippen molar-refractivity contribution in [3.8, 4) is 0 Å². The van der Waals surface area contributed by atoms with Gasteiger partial charge in [-0.15, -0.1) is 0 Å². The fraction of sp³-hybridized carbons (Fsp3) is 0. The molecule has 2 aromatic rings. The van der Waals surface area contributed by atoms with Crippen LogP contribution in [0.1, 0.15) is 10.4 Å². The molecule has 2 rings (SSSR count). The quantitative estimate of drug-likeness (QED) is 0.660. The van der Waals surface area contributed by atoms with Crippen LogP contribution in [0.25, 0.3) is 10.9 Å². The number of fused-ring (bicyclic) bond motifs is 1. The zero-order valence-corrected chi connectivity index (χ0v) is 7.78. The second-order valence-electron chi connectivity index (χ2n) is 2.81. The molecule has 1 aromatic carbocycles. The number of aromatic nitrogens is 1. The largest absolute Gasteiger partial charge is 0.545 e. The molecule has 3 nitrogen and oxygen atoms in total. The highest BCUT2D eigenvalue weighted by molar-refractivity contribution is 6.32. The molecular weight excluding hydrogens is 202 g/mol. The maximum absolute atomic E-state index is 10.6. The first kappa shape index (κ1) is 8.97. The number of hydrogen-bond donors (Lipinski definition) is 0. The van der Waals surface area contributed by atoms with Crippen LogP contribution in [0.4, 0.5) is 0 Å². The van der Waals surface area contributed by atoms with Gasteiger partial charge in [-0.05, 0) is 12.1 Å². The molecule has 0 atom stereocenters. The van der Waals surface area contributed by atoms with E-state index in [2.05, 4.69) is 4.98 Å². The molecule has 0 aliphatic carbocycles. The summed E-state index contributed by atoms with van der Waals surface area (Å²) in [6.45, 7) is 0. The number of nitrogens with zero attached hydrogens (tertiary/aromatic N) is 1. The Labute approximate surface area is 85.0 Å². The summed E-state index contributed by atoms with van der Waals surface area (Å²) in [5.41, 5.74) is 0.591. The average Bonchev–Trinajstić information content (AvgIpc) is 2.16. The van der Waals surface area contributed by atoms with Crippen LogP contribution in [-0.4, -0.2) is 11.0 Å². The van der Waals surface area contributed by atoms with E-state index < -0.39 is 5.97 Å². The molecule has 4 heteroatoms. The van der Waals surface area contributed by atoms with Crippen LogP contribution in [0.5, 0.6) is 0 Å². The van der Waals surface area contributed by atoms with Gasteiger partial charge in [-0.2, -0.15) is 0 Å². The Morgan fingerprint density at radius 3 is 2.79 bits per heavy atom. The molecule has 1 heterocycles. The fourth-order valence-corrected chi connectivity index (χ4v) is 1.46. The normalized spacial score (nSPS) is 10.4. The van der Waals surface area contributed by atoms with E-state index in [1.54, 1.807) is 18.2 Å². The molecule has 0 amide bonds. The molecular formula is C10H5ClNO2-. The number of carbonyl (C=O) groups is 1. The number of carboxylic acid groups (broad SMARTS) is 1. The Hall–Kier alpha value is -1.61. The topological polar surface area (TPSA) is 53.0 Å². The molecule has 0 N–H and O–H groups in total. The lowest BCUT2D eigenvalue weighted by molar-refractivity contribution is -0.255. The summed E-state index contributed by atoms with van der Waals surface area (Å²) in [5, 5.41) is 11.3. The summed E-state index contributed by atoms with van der Waals surface area (Å²) in [4.78, 5) is 14.6. The van der Waals surface area contributed by atoms with E-state index >= 15 is 0 Å². The highest BCUT2D eigenvalue weighted by atomic mass is 35.5. The van der Waals surface area contributed by atoms with Crippen LogP contribution < -0.4 is 5.11 Å². The van der Waals surface area contributed by atoms with Gasteiger partial charge in [-0.25, -0.2) is 4.98 Å². The third kappa shape index (κ3) is 1.42. The van der Waals surface area contributed by atoms with Gasteiger partial charge in [0.05, 0.1) is 11.5 Å². The fourth-order valence-electron chi connectivity index (χ4n) is 1.24. The molecule has 70 valence electrons. The van der Waals surface area contributed by atoms with Gasteiger partial charge >= 0.3 is 0 Å². The molecule has 0 spiro atoms. The molecule has 0 saturated heterocycles. The summed E-state index contributed by atoms with van der Waals surface area (Å²) in [7, 11) is 0. The van der Waals surface area contributed by atoms with Gasteiger partial charge in [0.25, 0.3) is 0 Å². The highest BCUT2D eigenvalue weighted by Gasteiger charge is 2.04. The first-order chi connectivity index (χ1) is 6.68. The number of benzene rings is 1. The van der Waals surface area contributed by atoms with Crippen LogP contribution in [0.2, 0.25) is 5.15 Å². The minimum atomic E-state index is -1.31. The first-order valence-electron chi connectivity index (χ1n) is 3.95. The zero-order valence-electron chi connectivity index (χ0n) is 7.03. The number of hydrogen-bond acceptors (Lipinski definition) is 3. The van der Waals surface area contributed by atoms with E-state index in [0.29, 0.717) is 5.52 Å². The van der Waals surface area contributed by atoms with E-state index in [4.69, 9.17) is 11.6 Å². The van der Waals surface area contributed by atoms with E-state index in [1.165, 1.54) is 6.07 Å². The van der Waals surface area contributed by atoms with Crippen molar-refractivity contribution >= 4 is 28.5 Å². The maximum Gasteiger partial charge on any atom is 0.138 e. The number of pyridine rings is 1. The van der Waals surface area contributed by atoms with Gasteiger partial charge in [0.1, 0.15) is 5.15 Å². The number of halogens is 1. The van der Waals surface area contributed by atoms with Gasteiger partial charge < -0.3 is 9.90 Å². The predicted molar refractivity (Wildman–Crippen MR) is 51.1 cm³/mol. The third-order valence-corrected chi connectivity index (χ3v) is 2.19. The monoisotopic (exact) mass is 206 g/mol. The van der Waals surface area contributed by atoms with Crippen LogP contribution >= 0.6 is 11.6 Å². The van der Waals surface area contributed by atoms with Crippen molar-refractivity contribution in [3.05, 3.63) is 41.0 Å². The number of para-hydroxylation sites is 1. The Balaban J connectivity index is 2.77. The Morgan fingerprint density at radius 2 is 2.07 bits per heavy atom. The zero-order chi connectivity index (χ0) is 10.1. The molecule has 0 aliphatic rings. The van der Waals surface area contributed by atoms with E-state index in [9.17, 15) is 9.90 Å². The van der Waals surface area contributed by atoms with Crippen LogP contribution in [-0.2, 0) is 0 Å². The van der Waals surface area contributed by atoms with Crippen LogP contribution in [0, 0.1) is 0 Å². The van der Waals surface area contributed by atoms with Crippen molar-refractivity contribution in [2.45, 2.75) is 0 Å². The van der Waals surface area contributed by atoms with Gasteiger partial charge in [0.2, 0.25) is 0 Å². The van der Waals surface area contributed by atoms with E-state index in [-0.39, 0.29) is 10.7 Å². The standard InChI is InChI=1S/C10H6ClNO2/c11-9-7(10(13)14)5-6-3-1-2-4-8(6)12-9/h1-5H,(H,13,14)/p-1. The lowest BCUT2D eigenvalue weighted by atomic mass is 10.1.